The van der Waals surface area contributed by atoms with E-state index in [9.17, 15) is 14.4 Å². The zero-order valence-corrected chi connectivity index (χ0v) is 17.6. The molecule has 8 heteroatoms. The minimum absolute atomic E-state index is 0.175. The summed E-state index contributed by atoms with van der Waals surface area (Å²) in [6.07, 6.45) is 8.46. The molecule has 1 aliphatic rings. The number of carbonyl (C=O) groups excluding carboxylic acids is 3. The van der Waals surface area contributed by atoms with Gasteiger partial charge in [0.1, 0.15) is 5.75 Å². The lowest BCUT2D eigenvalue weighted by molar-refractivity contribution is -0.117. The minimum Gasteiger partial charge on any atom is -0.497 e. The van der Waals surface area contributed by atoms with E-state index in [0.29, 0.717) is 30.0 Å². The van der Waals surface area contributed by atoms with Gasteiger partial charge in [-0.25, -0.2) is 0 Å². The van der Waals surface area contributed by atoms with Crippen molar-refractivity contribution in [1.82, 2.24) is 10.3 Å². The van der Waals surface area contributed by atoms with E-state index < -0.39 is 5.78 Å². The molecule has 1 amide bonds. The smallest absolute Gasteiger partial charge is 0.261 e. The molecule has 1 aromatic carbocycles. The Balaban J connectivity index is 0.000000214. The fraction of sp³-hybridized carbons (Fsp3) is 0.455. The monoisotopic (exact) mass is 414 g/mol. The maximum atomic E-state index is 11.2. The van der Waals surface area contributed by atoms with Gasteiger partial charge in [-0.2, -0.15) is 4.99 Å². The molecule has 8 nitrogen and oxygen atoms in total. The molecule has 0 aliphatic heterocycles. The van der Waals surface area contributed by atoms with Gasteiger partial charge in [-0.3, -0.25) is 14.4 Å². The van der Waals surface area contributed by atoms with Crippen LogP contribution in [0.2, 0.25) is 0 Å². The summed E-state index contributed by atoms with van der Waals surface area (Å²) in [7, 11) is 1.57. The number of methoxy groups -OCH3 is 1. The first-order valence-corrected chi connectivity index (χ1v) is 10.1. The molecule has 3 rings (SSSR count). The minimum atomic E-state index is -0.522. The molecular weight excluding hydrogens is 384 g/mol. The number of nitrogens with zero attached hydrogens (tertiary/aromatic N) is 1. The Hall–Kier alpha value is -3.00. The van der Waals surface area contributed by atoms with E-state index in [0.717, 1.165) is 23.4 Å². The highest BCUT2D eigenvalue weighted by Crippen LogP contribution is 2.23. The molecule has 1 saturated carbocycles. The maximum absolute atomic E-state index is 11.2. The quantitative estimate of drug-likeness (QED) is 0.210. The van der Waals surface area contributed by atoms with Crippen molar-refractivity contribution in [3.63, 3.8) is 0 Å². The highest BCUT2D eigenvalue weighted by Gasteiger charge is 2.13. The topological polar surface area (TPSA) is 127 Å². The molecule has 0 unspecified atom stereocenters. The summed E-state index contributed by atoms with van der Waals surface area (Å²) in [4.78, 5) is 39.3. The number of ether oxygens (including phenoxy) is 1. The van der Waals surface area contributed by atoms with Gasteiger partial charge in [-0.05, 0) is 44.4 Å². The van der Waals surface area contributed by atoms with Gasteiger partial charge >= 0.3 is 0 Å². The number of ketones is 1. The number of nitrogens with two attached hydrogens (primary N) is 1. The first-order valence-electron chi connectivity index (χ1n) is 10.1. The number of hydrogen-bond donors (Lipinski definition) is 3. The van der Waals surface area contributed by atoms with Crippen LogP contribution >= 0.6 is 0 Å². The van der Waals surface area contributed by atoms with E-state index >= 15 is 0 Å². The van der Waals surface area contributed by atoms with Crippen molar-refractivity contribution in [2.24, 2.45) is 16.6 Å². The Morgan fingerprint density at radius 1 is 1.30 bits per heavy atom. The van der Waals surface area contributed by atoms with E-state index in [1.807, 2.05) is 0 Å². The highest BCUT2D eigenvalue weighted by atomic mass is 16.5. The number of carbonyl (C=O) groups is 3. The third kappa shape index (κ3) is 7.11. The van der Waals surface area contributed by atoms with Crippen LogP contribution in [-0.4, -0.2) is 49.0 Å². The number of aldehydes is 1. The zero-order valence-electron chi connectivity index (χ0n) is 17.6. The molecule has 0 bridgehead atoms. The predicted molar refractivity (Wildman–Crippen MR) is 117 cm³/mol. The second kappa shape index (κ2) is 11.9. The number of nitrogens with one attached hydrogen (secondary N) is 2. The van der Waals surface area contributed by atoms with E-state index in [1.165, 1.54) is 38.3 Å². The van der Waals surface area contributed by atoms with Gasteiger partial charge < -0.3 is 20.8 Å². The molecular formula is C22H30N4O4. The summed E-state index contributed by atoms with van der Waals surface area (Å²) in [6, 6.07) is 5.27. The van der Waals surface area contributed by atoms with Crippen LogP contribution in [0.4, 0.5) is 0 Å². The van der Waals surface area contributed by atoms with Crippen molar-refractivity contribution in [2.75, 3.05) is 20.2 Å². The summed E-state index contributed by atoms with van der Waals surface area (Å²) in [5.74, 6) is 1.08. The average molecular weight is 415 g/mol. The summed E-state index contributed by atoms with van der Waals surface area (Å²) >= 11 is 0. The fourth-order valence-electron chi connectivity index (χ4n) is 3.51. The fourth-order valence-corrected chi connectivity index (χ4v) is 3.51. The number of Topliss-reactive ketones (excluding diaryl/α,β-unsaturated/α-hetero) is 1. The number of benzene rings is 1. The van der Waals surface area contributed by atoms with Crippen LogP contribution in [-0.2, 0) is 9.59 Å². The van der Waals surface area contributed by atoms with Crippen molar-refractivity contribution in [1.29, 1.82) is 0 Å². The molecule has 162 valence electrons. The van der Waals surface area contributed by atoms with Crippen molar-refractivity contribution in [2.45, 2.75) is 39.0 Å². The first-order chi connectivity index (χ1) is 14.4. The predicted octanol–water partition coefficient (Wildman–Crippen LogP) is 2.62. The molecule has 2 aromatic rings. The van der Waals surface area contributed by atoms with Crippen molar-refractivity contribution >= 4 is 34.7 Å². The number of aliphatic imine (C=N–C) groups is 1. The lowest BCUT2D eigenvalue weighted by Gasteiger charge is -2.21. The second-order valence-corrected chi connectivity index (χ2v) is 7.38. The van der Waals surface area contributed by atoms with Gasteiger partial charge in [0.2, 0.25) is 5.78 Å². The molecule has 4 N–H and O–H groups in total. The summed E-state index contributed by atoms with van der Waals surface area (Å²) in [5, 5.41) is 3.88. The van der Waals surface area contributed by atoms with Crippen LogP contribution in [0.25, 0.3) is 10.9 Å². The molecule has 1 aromatic heterocycles. The molecule has 30 heavy (non-hydrogen) atoms. The number of aromatic amines is 1. The molecule has 0 spiro atoms. The van der Waals surface area contributed by atoms with Crippen molar-refractivity contribution < 1.29 is 19.1 Å². The highest BCUT2D eigenvalue weighted by molar-refractivity contribution is 6.36. The van der Waals surface area contributed by atoms with Crippen LogP contribution in [0.15, 0.2) is 29.4 Å². The standard InChI is InChI=1S/C11H21N3O.C11H9NO3/c1-9(12)14-11(15)8-13-7-10-5-3-2-4-6-10;1-15-7-2-3-8-9(11(14)6-13)5-12-10(8)4-7/h10,13H,2-8H2,1H3,(H2,12,14,15);2-6,12H,1H3. The van der Waals surface area contributed by atoms with Crippen LogP contribution in [0.3, 0.4) is 0 Å². The van der Waals surface area contributed by atoms with Crippen LogP contribution < -0.4 is 15.8 Å². The second-order valence-electron chi connectivity index (χ2n) is 7.38. The SMILES string of the molecule is CC(N)=NC(=O)CNCC1CCCCC1.COc1ccc2c(C(=O)C=O)c[nH]c2c1. The van der Waals surface area contributed by atoms with Gasteiger partial charge in [0.25, 0.3) is 5.91 Å². The molecule has 1 fully saturated rings. The molecule has 0 radical (unpaired) electrons. The molecule has 1 heterocycles. The normalized spacial score (nSPS) is 14.7. The molecule has 1 aliphatic carbocycles. The van der Waals surface area contributed by atoms with Crippen molar-refractivity contribution in [3.05, 3.63) is 30.0 Å². The number of amides is 1. The summed E-state index contributed by atoms with van der Waals surface area (Å²) in [5.41, 5.74) is 6.48. The van der Waals surface area contributed by atoms with Gasteiger partial charge in [-0.1, -0.05) is 19.3 Å². The van der Waals surface area contributed by atoms with E-state index in [-0.39, 0.29) is 5.91 Å². The first kappa shape index (κ1) is 23.3. The lowest BCUT2D eigenvalue weighted by Crippen LogP contribution is -2.29. The van der Waals surface area contributed by atoms with E-state index in [4.69, 9.17) is 10.5 Å². The Morgan fingerprint density at radius 3 is 2.67 bits per heavy atom. The van der Waals surface area contributed by atoms with E-state index in [2.05, 4.69) is 15.3 Å². The molecule has 0 saturated heterocycles. The van der Waals surface area contributed by atoms with Crippen LogP contribution in [0, 0.1) is 5.92 Å². The van der Waals surface area contributed by atoms with Crippen LogP contribution in [0.1, 0.15) is 49.4 Å². The summed E-state index contributed by atoms with van der Waals surface area (Å²) in [6.45, 7) is 2.87. The van der Waals surface area contributed by atoms with Crippen LogP contribution in [0.5, 0.6) is 5.75 Å². The zero-order chi connectivity index (χ0) is 21.9. The third-order valence-corrected chi connectivity index (χ3v) is 5.00. The van der Waals surface area contributed by atoms with Gasteiger partial charge in [0, 0.05) is 23.2 Å². The van der Waals surface area contributed by atoms with Gasteiger partial charge in [0.15, 0.2) is 6.29 Å². The Morgan fingerprint density at radius 2 is 2.03 bits per heavy atom. The number of amidine groups is 1. The average Bonchev–Trinajstić information content (AvgIpc) is 3.17. The Labute approximate surface area is 176 Å². The van der Waals surface area contributed by atoms with Crippen molar-refractivity contribution in [3.8, 4) is 5.75 Å². The number of fused-ring (bicyclic) bond motifs is 1. The third-order valence-electron chi connectivity index (χ3n) is 5.00. The number of aromatic nitrogens is 1. The Kier molecular flexibility index (Phi) is 9.21. The number of rotatable bonds is 7. The molecule has 0 atom stereocenters. The maximum Gasteiger partial charge on any atom is 0.261 e. The van der Waals surface area contributed by atoms with Gasteiger partial charge in [-0.15, -0.1) is 0 Å². The number of hydrogen-bond acceptors (Lipinski definition) is 5. The Bertz CT molecular complexity index is 894. The largest absolute Gasteiger partial charge is 0.497 e. The van der Waals surface area contributed by atoms with Gasteiger partial charge in [0.05, 0.1) is 25.1 Å². The lowest BCUT2D eigenvalue weighted by atomic mass is 9.89. The summed E-state index contributed by atoms with van der Waals surface area (Å²) < 4.78 is 5.04. The number of H-pyrrole nitrogens is 1. The van der Waals surface area contributed by atoms with E-state index in [1.54, 1.807) is 32.2 Å².